The Morgan fingerprint density at radius 1 is 0.429 bits per heavy atom. The van der Waals surface area contributed by atoms with E-state index in [2.05, 4.69) is 0 Å². The molecule has 0 aromatic carbocycles. The maximum Gasteiger partial charge on any atom is 0.0916 e. The Labute approximate surface area is 139 Å². The van der Waals surface area contributed by atoms with Crippen LogP contribution in [0.4, 0.5) is 0 Å². The van der Waals surface area contributed by atoms with Gasteiger partial charge in [-0.25, -0.2) is 33.7 Å². The molecule has 0 rings (SSSR count). The van der Waals surface area contributed by atoms with Crippen molar-refractivity contribution in [2.75, 3.05) is 25.0 Å². The predicted octanol–water partition coefficient (Wildman–Crippen LogP) is -3.36. The van der Waals surface area contributed by atoms with E-state index in [0.717, 1.165) is 0 Å². The van der Waals surface area contributed by atoms with Gasteiger partial charge in [-0.05, 0) is 0 Å². The predicted molar refractivity (Wildman–Crippen MR) is 62.5 cm³/mol. The fourth-order valence-corrected chi connectivity index (χ4v) is 0. The topological polar surface area (TPSA) is 229 Å². The summed E-state index contributed by atoms with van der Waals surface area (Å²) in [7, 11) is -15.7. The Morgan fingerprint density at radius 2 is 0.429 bits per heavy atom. The van der Waals surface area contributed by atoms with Gasteiger partial charge in [0.05, 0.1) is 40.5 Å². The van der Waals surface area contributed by atoms with Crippen LogP contribution in [0, 0.1) is 0 Å². The Balaban J connectivity index is -0.0000000533. The van der Waals surface area contributed by atoms with E-state index in [0.29, 0.717) is 25.0 Å². The van der Waals surface area contributed by atoms with Gasteiger partial charge >= 0.3 is 0 Å². The Bertz CT molecular complexity index is 486. The zero-order valence-corrected chi connectivity index (χ0v) is 16.3. The van der Waals surface area contributed by atoms with Crippen molar-refractivity contribution >= 4 is 40.5 Å². The molecule has 0 amide bonds. The molecule has 0 N–H and O–H groups in total. The van der Waals surface area contributed by atoms with Gasteiger partial charge in [-0.1, -0.05) is 0 Å². The molecule has 0 aliphatic carbocycles. The van der Waals surface area contributed by atoms with Crippen LogP contribution in [0.1, 0.15) is 0 Å². The minimum atomic E-state index is -3.92. The Kier molecular flexibility index (Phi) is 20.3. The van der Waals surface area contributed by atoms with Crippen LogP contribution in [0.2, 0.25) is 0 Å². The van der Waals surface area contributed by atoms with Gasteiger partial charge in [0.15, 0.2) is 0 Å². The minimum Gasteiger partial charge on any atom is -0.748 e. The zero-order chi connectivity index (χ0) is 18.0. The summed E-state index contributed by atoms with van der Waals surface area (Å²) in [5.74, 6) is 0. The van der Waals surface area contributed by atoms with Crippen LogP contribution in [0.3, 0.4) is 0 Å². The minimum absolute atomic E-state index is 0. The van der Waals surface area contributed by atoms with E-state index >= 15 is 0 Å². The van der Waals surface area contributed by atoms with Gasteiger partial charge in [-0.2, -0.15) is 0 Å². The number of hydrogen-bond acceptors (Lipinski definition) is 12. The van der Waals surface area contributed by atoms with Gasteiger partial charge in [0.25, 0.3) is 0 Å². The molecule has 0 unspecified atom stereocenters. The number of hydrogen-bond donors (Lipinski definition) is 0. The van der Waals surface area contributed by atoms with Crippen molar-refractivity contribution in [2.45, 2.75) is 0 Å². The van der Waals surface area contributed by atoms with Gasteiger partial charge in [0.1, 0.15) is 0 Å². The van der Waals surface area contributed by atoms with E-state index in [1.54, 1.807) is 0 Å². The molecule has 0 saturated carbocycles. The summed E-state index contributed by atoms with van der Waals surface area (Å²) in [5.41, 5.74) is 0. The van der Waals surface area contributed by atoms with Crippen LogP contribution < -0.4 is 0 Å². The van der Waals surface area contributed by atoms with Crippen molar-refractivity contribution in [1.29, 1.82) is 0 Å². The first-order valence-corrected chi connectivity index (χ1v) is 10.9. The molecule has 0 bridgehead atoms. The summed E-state index contributed by atoms with van der Waals surface area (Å²) in [6, 6.07) is 0. The summed E-state index contributed by atoms with van der Waals surface area (Å²) in [6.07, 6.45) is 2.42. The van der Waals surface area contributed by atoms with Crippen molar-refractivity contribution in [3.05, 3.63) is 0 Å². The molecule has 0 aliphatic rings. The van der Waals surface area contributed by atoms with Crippen molar-refractivity contribution in [3.63, 3.8) is 0 Å². The molecule has 0 saturated heterocycles. The van der Waals surface area contributed by atoms with Crippen molar-refractivity contribution < 1.29 is 74.3 Å². The molecule has 0 aliphatic heterocycles. The fraction of sp³-hybridized carbons (Fsp3) is 1.00. The molecule has 0 fully saturated rings. The third kappa shape index (κ3) is 47600. The van der Waals surface area contributed by atoms with Crippen molar-refractivity contribution in [3.8, 4) is 0 Å². The van der Waals surface area contributed by atoms with E-state index < -0.39 is 40.5 Å². The first-order valence-electron chi connectivity index (χ1n) is 3.63. The fourth-order valence-electron chi connectivity index (χ4n) is 0. The van der Waals surface area contributed by atoms with Crippen LogP contribution in [0.15, 0.2) is 0 Å². The summed E-state index contributed by atoms with van der Waals surface area (Å²) in [6.45, 7) is 0. The molecular formula is C4H12AuO12S4-4. The summed E-state index contributed by atoms with van der Waals surface area (Å²) < 4.78 is 109. The van der Waals surface area contributed by atoms with Gasteiger partial charge < -0.3 is 18.2 Å². The van der Waals surface area contributed by atoms with Crippen LogP contribution in [0.25, 0.3) is 0 Å². The maximum absolute atomic E-state index is 9.08. The molecule has 0 spiro atoms. The van der Waals surface area contributed by atoms with Gasteiger partial charge in [0, 0.05) is 47.4 Å². The standard InChI is InChI=1S/4CH4O3S.Au/c4*1-5(2,3)4;/h4*1H3,(H,2,3,4);/p-4. The third-order valence-electron chi connectivity index (χ3n) is 0. The smallest absolute Gasteiger partial charge is 0.0916 e. The molecule has 0 aromatic heterocycles. The second-order valence-corrected chi connectivity index (χ2v) is 8.45. The monoisotopic (exact) mass is 577 g/mol. The molecular weight excluding hydrogens is 565 g/mol. The second kappa shape index (κ2) is 12.9. The quantitative estimate of drug-likeness (QED) is 0.203. The molecule has 0 aromatic rings. The molecule has 12 nitrogen and oxygen atoms in total. The molecule has 1 radical (unpaired) electrons. The molecule has 0 atom stereocenters. The molecule has 0 heterocycles. The normalized spacial score (nSPS) is 11.0. The van der Waals surface area contributed by atoms with Gasteiger partial charge in [0.2, 0.25) is 0 Å². The number of rotatable bonds is 0. The van der Waals surface area contributed by atoms with Crippen LogP contribution in [-0.4, -0.2) is 76.9 Å². The zero-order valence-electron chi connectivity index (χ0n) is 10.8. The van der Waals surface area contributed by atoms with E-state index in [9.17, 15) is 0 Å². The summed E-state index contributed by atoms with van der Waals surface area (Å²) >= 11 is 0. The van der Waals surface area contributed by atoms with E-state index in [-0.39, 0.29) is 22.4 Å². The van der Waals surface area contributed by atoms with Crippen molar-refractivity contribution in [1.82, 2.24) is 0 Å². The summed E-state index contributed by atoms with van der Waals surface area (Å²) in [5, 5.41) is 0. The van der Waals surface area contributed by atoms with E-state index in [1.807, 2.05) is 0 Å². The molecule has 21 heavy (non-hydrogen) atoms. The average Bonchev–Trinajstić information content (AvgIpc) is 1.62. The first-order chi connectivity index (χ1) is 8.00. The van der Waals surface area contributed by atoms with Gasteiger partial charge in [-0.15, -0.1) is 0 Å². The van der Waals surface area contributed by atoms with E-state index in [1.165, 1.54) is 0 Å². The molecule has 139 valence electrons. The van der Waals surface area contributed by atoms with Gasteiger partial charge in [-0.3, -0.25) is 0 Å². The Morgan fingerprint density at radius 3 is 0.429 bits per heavy atom. The van der Waals surface area contributed by atoms with E-state index in [4.69, 9.17) is 51.9 Å². The molecule has 17 heteroatoms. The Hall–Kier alpha value is 0.380. The second-order valence-electron chi connectivity index (χ2n) is 2.82. The third-order valence-corrected chi connectivity index (χ3v) is 0. The van der Waals surface area contributed by atoms with Crippen LogP contribution in [-0.2, 0) is 62.9 Å². The first kappa shape index (κ1) is 33.1. The largest absolute Gasteiger partial charge is 0.748 e. The van der Waals surface area contributed by atoms with Crippen LogP contribution in [0.5, 0.6) is 0 Å². The average molecular weight is 577 g/mol. The van der Waals surface area contributed by atoms with Crippen molar-refractivity contribution in [2.24, 2.45) is 0 Å². The summed E-state index contributed by atoms with van der Waals surface area (Å²) in [4.78, 5) is 0. The van der Waals surface area contributed by atoms with Crippen LogP contribution >= 0.6 is 0 Å². The SMILES string of the molecule is CS(=O)(=O)[O-].CS(=O)(=O)[O-].CS(=O)(=O)[O-].CS(=O)(=O)[O-].[Au]. The maximum atomic E-state index is 9.08.